The molecular formula is C31H42N6O4. The van der Waals surface area contributed by atoms with Crippen LogP contribution in [0.3, 0.4) is 0 Å². The highest BCUT2D eigenvalue weighted by Gasteiger charge is 2.15. The average Bonchev–Trinajstić information content (AvgIpc) is 2.97. The standard InChI is InChI=1S/C31H42N6O4/c1-24(9-14-31(40)36-23-39)37(2)21-29-25(7-5-8-27(29)22-38)6-3-4-15-34-16-18-41-19-17-35-20-30(33)26-10-12-28(32)13-11-26/h5,7-8,10-13,20,22-24,34-35H,4,9,14-19,21,32-33H2,1-2H3,(H,36,39,40)/b30-20-. The molecule has 2 aromatic carbocycles. The maximum absolute atomic E-state index is 11.7. The smallest absolute Gasteiger partial charge is 0.226 e. The van der Waals surface area contributed by atoms with Crippen molar-refractivity contribution in [1.29, 1.82) is 0 Å². The fraction of sp³-hybridized carbons (Fsp3) is 0.387. The molecule has 220 valence electrons. The van der Waals surface area contributed by atoms with Gasteiger partial charge in [0, 0.05) is 68.1 Å². The van der Waals surface area contributed by atoms with Gasteiger partial charge >= 0.3 is 0 Å². The molecule has 2 amide bonds. The second-order valence-corrected chi connectivity index (χ2v) is 9.57. The number of nitrogen functional groups attached to an aromatic ring is 1. The molecule has 2 rings (SSSR count). The Morgan fingerprint density at radius 1 is 1.10 bits per heavy atom. The summed E-state index contributed by atoms with van der Waals surface area (Å²) >= 11 is 0. The summed E-state index contributed by atoms with van der Waals surface area (Å²) in [6.45, 7) is 5.74. The van der Waals surface area contributed by atoms with Crippen molar-refractivity contribution in [2.45, 2.75) is 38.8 Å². The summed E-state index contributed by atoms with van der Waals surface area (Å²) in [4.78, 5) is 35.8. The molecule has 41 heavy (non-hydrogen) atoms. The SMILES string of the molecule is CC(CCC(=O)NC=O)N(C)Cc1c(C#CCCNCCOCCN/C=C(\N)c2ccc(N)cc2)cccc1C=O. The number of hydrogen-bond donors (Lipinski definition) is 5. The van der Waals surface area contributed by atoms with E-state index in [4.69, 9.17) is 16.2 Å². The van der Waals surface area contributed by atoms with Crippen LogP contribution in [0.25, 0.3) is 5.70 Å². The van der Waals surface area contributed by atoms with Crippen LogP contribution in [0.2, 0.25) is 0 Å². The van der Waals surface area contributed by atoms with Gasteiger partial charge in [-0.3, -0.25) is 24.6 Å². The number of imide groups is 1. The molecule has 0 aliphatic heterocycles. The van der Waals surface area contributed by atoms with Gasteiger partial charge in [-0.15, -0.1) is 0 Å². The third-order valence-electron chi connectivity index (χ3n) is 6.47. The number of anilines is 1. The second-order valence-electron chi connectivity index (χ2n) is 9.57. The highest BCUT2D eigenvalue weighted by molar-refractivity contribution is 5.85. The minimum absolute atomic E-state index is 0.0688. The first-order valence-electron chi connectivity index (χ1n) is 13.7. The fourth-order valence-corrected chi connectivity index (χ4v) is 3.86. The maximum Gasteiger partial charge on any atom is 0.226 e. The van der Waals surface area contributed by atoms with Crippen LogP contribution in [0.5, 0.6) is 0 Å². The van der Waals surface area contributed by atoms with E-state index >= 15 is 0 Å². The molecule has 1 unspecified atom stereocenters. The van der Waals surface area contributed by atoms with E-state index < -0.39 is 0 Å². The van der Waals surface area contributed by atoms with Gasteiger partial charge in [0.05, 0.1) is 18.9 Å². The minimum atomic E-state index is -0.304. The monoisotopic (exact) mass is 562 g/mol. The molecule has 0 radical (unpaired) electrons. The van der Waals surface area contributed by atoms with Crippen LogP contribution in [0.1, 0.15) is 53.2 Å². The fourth-order valence-electron chi connectivity index (χ4n) is 3.86. The summed E-state index contributed by atoms with van der Waals surface area (Å²) in [5.74, 6) is 6.09. The number of nitrogens with two attached hydrogens (primary N) is 2. The van der Waals surface area contributed by atoms with Gasteiger partial charge < -0.3 is 26.8 Å². The zero-order chi connectivity index (χ0) is 29.9. The van der Waals surface area contributed by atoms with E-state index in [1.807, 2.05) is 50.4 Å². The largest absolute Gasteiger partial charge is 0.399 e. The molecule has 10 nitrogen and oxygen atoms in total. The van der Waals surface area contributed by atoms with Gasteiger partial charge in [-0.2, -0.15) is 0 Å². The summed E-state index contributed by atoms with van der Waals surface area (Å²) in [6, 6.07) is 13.0. The molecule has 0 saturated heterocycles. The van der Waals surface area contributed by atoms with Crippen molar-refractivity contribution in [2.24, 2.45) is 5.73 Å². The topological polar surface area (TPSA) is 152 Å². The van der Waals surface area contributed by atoms with Crippen molar-refractivity contribution in [3.8, 4) is 11.8 Å². The van der Waals surface area contributed by atoms with E-state index in [-0.39, 0.29) is 18.4 Å². The number of amides is 2. The van der Waals surface area contributed by atoms with Crippen LogP contribution in [-0.4, -0.2) is 69.4 Å². The number of nitrogens with one attached hydrogen (secondary N) is 3. The van der Waals surface area contributed by atoms with Crippen LogP contribution in [0.15, 0.2) is 48.7 Å². The number of carbonyl (C=O) groups excluding carboxylic acids is 3. The highest BCUT2D eigenvalue weighted by Crippen LogP contribution is 2.17. The van der Waals surface area contributed by atoms with E-state index in [1.165, 1.54) is 0 Å². The summed E-state index contributed by atoms with van der Waals surface area (Å²) in [5, 5.41) is 8.61. The van der Waals surface area contributed by atoms with E-state index in [1.54, 1.807) is 12.3 Å². The van der Waals surface area contributed by atoms with Crippen LogP contribution < -0.4 is 27.4 Å². The van der Waals surface area contributed by atoms with E-state index in [0.717, 1.165) is 29.5 Å². The normalized spacial score (nSPS) is 11.8. The van der Waals surface area contributed by atoms with Crippen molar-refractivity contribution in [2.75, 3.05) is 45.6 Å². The van der Waals surface area contributed by atoms with E-state index in [0.29, 0.717) is 69.0 Å². The van der Waals surface area contributed by atoms with Crippen molar-refractivity contribution in [3.63, 3.8) is 0 Å². The molecule has 2 aromatic rings. The molecule has 1 atom stereocenters. The molecule has 0 saturated carbocycles. The van der Waals surface area contributed by atoms with Gasteiger partial charge in [0.15, 0.2) is 0 Å². The molecule has 0 heterocycles. The maximum atomic E-state index is 11.7. The first-order valence-corrected chi connectivity index (χ1v) is 13.7. The lowest BCUT2D eigenvalue weighted by atomic mass is 10.00. The van der Waals surface area contributed by atoms with E-state index in [9.17, 15) is 14.4 Å². The van der Waals surface area contributed by atoms with Gasteiger partial charge in [0.25, 0.3) is 0 Å². The Balaban J connectivity index is 1.69. The van der Waals surface area contributed by atoms with Crippen LogP contribution in [-0.2, 0) is 20.9 Å². The Hall–Kier alpha value is -4.17. The van der Waals surface area contributed by atoms with Crippen LogP contribution in [0, 0.1) is 11.8 Å². The molecule has 0 aromatic heterocycles. The van der Waals surface area contributed by atoms with Crippen molar-refractivity contribution in [1.82, 2.24) is 20.9 Å². The Labute approximate surface area is 242 Å². The molecule has 10 heteroatoms. The van der Waals surface area contributed by atoms with Crippen molar-refractivity contribution < 1.29 is 19.1 Å². The first kappa shape index (κ1) is 33.0. The number of rotatable bonds is 18. The summed E-state index contributed by atoms with van der Waals surface area (Å²) in [7, 11) is 1.94. The number of carbonyl (C=O) groups is 3. The molecule has 7 N–H and O–H groups in total. The zero-order valence-electron chi connectivity index (χ0n) is 23.9. The Morgan fingerprint density at radius 3 is 2.59 bits per heavy atom. The molecule has 0 spiro atoms. The quantitative estimate of drug-likeness (QED) is 0.0793. The number of nitrogens with zero attached hydrogens (tertiary/aromatic N) is 1. The Bertz CT molecular complexity index is 1200. The number of ether oxygens (including phenoxy) is 1. The van der Waals surface area contributed by atoms with Crippen LogP contribution in [0.4, 0.5) is 5.69 Å². The van der Waals surface area contributed by atoms with Gasteiger partial charge in [-0.25, -0.2) is 0 Å². The average molecular weight is 563 g/mol. The predicted molar refractivity (Wildman–Crippen MR) is 162 cm³/mol. The molecular weight excluding hydrogens is 520 g/mol. The number of benzene rings is 2. The number of aldehydes is 1. The molecule has 0 aliphatic carbocycles. The summed E-state index contributed by atoms with van der Waals surface area (Å²) in [6.07, 6.45) is 4.49. The molecule has 0 aliphatic rings. The molecule has 0 bridgehead atoms. The minimum Gasteiger partial charge on any atom is -0.399 e. The van der Waals surface area contributed by atoms with Crippen molar-refractivity contribution >= 4 is 30.0 Å². The lowest BCUT2D eigenvalue weighted by Crippen LogP contribution is -2.31. The second kappa shape index (κ2) is 19.0. The van der Waals surface area contributed by atoms with Gasteiger partial charge in [0.2, 0.25) is 12.3 Å². The lowest BCUT2D eigenvalue weighted by molar-refractivity contribution is -0.125. The Kier molecular flexibility index (Phi) is 15.3. The summed E-state index contributed by atoms with van der Waals surface area (Å²) < 4.78 is 5.63. The number of hydrogen-bond acceptors (Lipinski definition) is 9. The zero-order valence-corrected chi connectivity index (χ0v) is 23.9. The van der Waals surface area contributed by atoms with Crippen molar-refractivity contribution in [3.05, 3.63) is 70.9 Å². The van der Waals surface area contributed by atoms with Crippen LogP contribution >= 0.6 is 0 Å². The Morgan fingerprint density at radius 2 is 1.85 bits per heavy atom. The van der Waals surface area contributed by atoms with Gasteiger partial charge in [0.1, 0.15) is 6.29 Å². The highest BCUT2D eigenvalue weighted by atomic mass is 16.5. The van der Waals surface area contributed by atoms with Gasteiger partial charge in [-0.05, 0) is 49.7 Å². The third-order valence-corrected chi connectivity index (χ3v) is 6.47. The lowest BCUT2D eigenvalue weighted by Gasteiger charge is -2.25. The summed E-state index contributed by atoms with van der Waals surface area (Å²) in [5.41, 5.74) is 16.3. The van der Waals surface area contributed by atoms with Gasteiger partial charge in [-0.1, -0.05) is 36.1 Å². The molecule has 0 fully saturated rings. The first-order chi connectivity index (χ1) is 19.8. The van der Waals surface area contributed by atoms with E-state index in [2.05, 4.69) is 32.7 Å². The predicted octanol–water partition coefficient (Wildman–Crippen LogP) is 1.85. The third kappa shape index (κ3) is 12.7.